The second kappa shape index (κ2) is 3.63. The molecule has 0 spiro atoms. The van der Waals surface area contributed by atoms with E-state index in [-0.39, 0.29) is 0 Å². The van der Waals surface area contributed by atoms with E-state index >= 15 is 0 Å². The van der Waals surface area contributed by atoms with Gasteiger partial charge in [0.15, 0.2) is 16.7 Å². The number of aromatic amines is 1. The molecular formula is C8H7ClN4O. The molecule has 0 aromatic carbocycles. The SMILES string of the molecule is COc1cnc(-c2cn[nH]c2)nc1Cl. The standard InChI is InChI=1S/C8H7ClN4O/c1-14-6-4-10-8(13-7(6)9)5-2-11-12-3-5/h2-4H,1H3,(H,11,12). The van der Waals surface area contributed by atoms with Crippen LogP contribution in [0.15, 0.2) is 18.6 Å². The lowest BCUT2D eigenvalue weighted by Crippen LogP contribution is -1.92. The van der Waals surface area contributed by atoms with Crippen LogP contribution in [0.1, 0.15) is 0 Å². The first-order chi connectivity index (χ1) is 6.81. The molecule has 2 aromatic rings. The highest BCUT2D eigenvalue weighted by Gasteiger charge is 2.07. The van der Waals surface area contributed by atoms with Crippen molar-refractivity contribution in [2.75, 3.05) is 7.11 Å². The van der Waals surface area contributed by atoms with Crippen LogP contribution < -0.4 is 4.74 Å². The topological polar surface area (TPSA) is 63.7 Å². The third-order valence-corrected chi connectivity index (χ3v) is 1.96. The Morgan fingerprint density at radius 1 is 1.43 bits per heavy atom. The molecule has 6 heteroatoms. The third kappa shape index (κ3) is 1.54. The van der Waals surface area contributed by atoms with Gasteiger partial charge in [-0.1, -0.05) is 11.6 Å². The maximum atomic E-state index is 5.84. The van der Waals surface area contributed by atoms with Crippen molar-refractivity contribution in [2.45, 2.75) is 0 Å². The first-order valence-electron chi connectivity index (χ1n) is 3.87. The molecule has 14 heavy (non-hydrogen) atoms. The second-order valence-electron chi connectivity index (χ2n) is 2.54. The Kier molecular flexibility index (Phi) is 2.32. The van der Waals surface area contributed by atoms with Crippen molar-refractivity contribution in [1.29, 1.82) is 0 Å². The largest absolute Gasteiger partial charge is 0.492 e. The van der Waals surface area contributed by atoms with Crippen LogP contribution in [0.2, 0.25) is 5.15 Å². The number of rotatable bonds is 2. The van der Waals surface area contributed by atoms with Gasteiger partial charge in [0.05, 0.1) is 25.1 Å². The molecule has 0 aliphatic carbocycles. The molecule has 1 N–H and O–H groups in total. The van der Waals surface area contributed by atoms with Crippen LogP contribution in [0, 0.1) is 0 Å². The Morgan fingerprint density at radius 2 is 2.29 bits per heavy atom. The van der Waals surface area contributed by atoms with Crippen molar-refractivity contribution in [2.24, 2.45) is 0 Å². The minimum absolute atomic E-state index is 0.290. The smallest absolute Gasteiger partial charge is 0.175 e. The number of hydrogen-bond donors (Lipinski definition) is 1. The van der Waals surface area contributed by atoms with Crippen LogP contribution in [0.3, 0.4) is 0 Å². The van der Waals surface area contributed by atoms with E-state index in [1.807, 2.05) is 0 Å². The van der Waals surface area contributed by atoms with E-state index in [0.717, 1.165) is 5.56 Å². The first kappa shape index (κ1) is 8.96. The molecule has 0 aliphatic heterocycles. The summed E-state index contributed by atoms with van der Waals surface area (Å²) < 4.78 is 4.94. The molecule has 0 atom stereocenters. The van der Waals surface area contributed by atoms with Crippen LogP contribution in [0.5, 0.6) is 5.75 Å². The molecule has 2 heterocycles. The predicted octanol–water partition coefficient (Wildman–Crippen LogP) is 1.53. The Morgan fingerprint density at radius 3 is 2.86 bits per heavy atom. The maximum Gasteiger partial charge on any atom is 0.175 e. The molecule has 2 aromatic heterocycles. The molecule has 0 fully saturated rings. The van der Waals surface area contributed by atoms with Crippen molar-refractivity contribution >= 4 is 11.6 Å². The van der Waals surface area contributed by atoms with Crippen LogP contribution in [0.4, 0.5) is 0 Å². The van der Waals surface area contributed by atoms with Gasteiger partial charge in [-0.25, -0.2) is 9.97 Å². The lowest BCUT2D eigenvalue weighted by molar-refractivity contribution is 0.411. The molecule has 0 radical (unpaired) electrons. The van der Waals surface area contributed by atoms with E-state index in [1.165, 1.54) is 13.3 Å². The molecule has 0 saturated heterocycles. The highest BCUT2D eigenvalue weighted by Crippen LogP contribution is 2.23. The zero-order valence-corrected chi connectivity index (χ0v) is 8.12. The van der Waals surface area contributed by atoms with Gasteiger partial charge in [0.2, 0.25) is 0 Å². The molecule has 0 saturated carbocycles. The monoisotopic (exact) mass is 210 g/mol. The van der Waals surface area contributed by atoms with Crippen LogP contribution in [0.25, 0.3) is 11.4 Å². The molecule has 2 rings (SSSR count). The maximum absolute atomic E-state index is 5.84. The van der Waals surface area contributed by atoms with Gasteiger partial charge in [-0.2, -0.15) is 5.10 Å². The highest BCUT2D eigenvalue weighted by atomic mass is 35.5. The van der Waals surface area contributed by atoms with E-state index in [4.69, 9.17) is 16.3 Å². The van der Waals surface area contributed by atoms with Crippen LogP contribution >= 0.6 is 11.6 Å². The van der Waals surface area contributed by atoms with E-state index < -0.39 is 0 Å². The normalized spacial score (nSPS) is 10.1. The average molecular weight is 211 g/mol. The fraction of sp³-hybridized carbons (Fsp3) is 0.125. The summed E-state index contributed by atoms with van der Waals surface area (Å²) in [6.45, 7) is 0. The summed E-state index contributed by atoms with van der Waals surface area (Å²) in [5, 5.41) is 6.75. The first-order valence-corrected chi connectivity index (χ1v) is 4.24. The molecule has 0 amide bonds. The van der Waals surface area contributed by atoms with Gasteiger partial charge >= 0.3 is 0 Å². The second-order valence-corrected chi connectivity index (χ2v) is 2.90. The summed E-state index contributed by atoms with van der Waals surface area (Å²) in [6.07, 6.45) is 4.84. The number of hydrogen-bond acceptors (Lipinski definition) is 4. The summed E-state index contributed by atoms with van der Waals surface area (Å²) in [4.78, 5) is 8.13. The number of halogens is 1. The summed E-state index contributed by atoms with van der Waals surface area (Å²) in [7, 11) is 1.52. The van der Waals surface area contributed by atoms with E-state index in [0.29, 0.717) is 16.7 Å². The fourth-order valence-corrected chi connectivity index (χ4v) is 1.21. The minimum atomic E-state index is 0.290. The third-order valence-electron chi connectivity index (χ3n) is 1.69. The van der Waals surface area contributed by atoms with Crippen molar-refractivity contribution in [3.8, 4) is 17.1 Å². The number of ether oxygens (including phenoxy) is 1. The van der Waals surface area contributed by atoms with E-state index in [1.54, 1.807) is 12.4 Å². The summed E-state index contributed by atoms with van der Waals surface area (Å²) in [6, 6.07) is 0. The van der Waals surface area contributed by atoms with E-state index in [2.05, 4.69) is 20.2 Å². The summed E-state index contributed by atoms with van der Waals surface area (Å²) >= 11 is 5.84. The van der Waals surface area contributed by atoms with Crippen LogP contribution in [-0.4, -0.2) is 27.3 Å². The van der Waals surface area contributed by atoms with Gasteiger partial charge in [0.25, 0.3) is 0 Å². The summed E-state index contributed by atoms with van der Waals surface area (Å²) in [5.41, 5.74) is 0.787. The summed E-state index contributed by atoms with van der Waals surface area (Å²) in [5.74, 6) is 0.975. The van der Waals surface area contributed by atoms with Gasteiger partial charge in [-0.3, -0.25) is 5.10 Å². The van der Waals surface area contributed by atoms with Gasteiger partial charge in [-0.05, 0) is 0 Å². The molecule has 0 bridgehead atoms. The molecule has 5 nitrogen and oxygen atoms in total. The number of nitrogens with one attached hydrogen (secondary N) is 1. The number of methoxy groups -OCH3 is 1. The van der Waals surface area contributed by atoms with Crippen molar-refractivity contribution in [3.05, 3.63) is 23.7 Å². The minimum Gasteiger partial charge on any atom is -0.492 e. The Labute approximate surface area is 85.1 Å². The average Bonchev–Trinajstić information content (AvgIpc) is 2.70. The Balaban J connectivity index is 2.43. The fourth-order valence-electron chi connectivity index (χ4n) is 0.999. The van der Waals surface area contributed by atoms with Crippen LogP contribution in [-0.2, 0) is 0 Å². The predicted molar refractivity (Wildman–Crippen MR) is 51.2 cm³/mol. The lowest BCUT2D eigenvalue weighted by Gasteiger charge is -2.01. The van der Waals surface area contributed by atoms with Gasteiger partial charge < -0.3 is 4.74 Å². The Bertz CT molecular complexity index is 429. The number of aromatic nitrogens is 4. The number of H-pyrrole nitrogens is 1. The van der Waals surface area contributed by atoms with Gasteiger partial charge in [-0.15, -0.1) is 0 Å². The number of nitrogens with zero attached hydrogens (tertiary/aromatic N) is 3. The van der Waals surface area contributed by atoms with Gasteiger partial charge in [0.1, 0.15) is 0 Å². The van der Waals surface area contributed by atoms with Crippen molar-refractivity contribution < 1.29 is 4.74 Å². The molecular weight excluding hydrogens is 204 g/mol. The van der Waals surface area contributed by atoms with Gasteiger partial charge in [0, 0.05) is 6.20 Å². The van der Waals surface area contributed by atoms with Crippen molar-refractivity contribution in [1.82, 2.24) is 20.2 Å². The quantitative estimate of drug-likeness (QED) is 0.764. The molecule has 0 unspecified atom stereocenters. The zero-order valence-electron chi connectivity index (χ0n) is 7.36. The highest BCUT2D eigenvalue weighted by molar-refractivity contribution is 6.30. The lowest BCUT2D eigenvalue weighted by atomic mass is 10.3. The van der Waals surface area contributed by atoms with E-state index in [9.17, 15) is 0 Å². The Hall–Kier alpha value is -1.62. The molecule has 72 valence electrons. The van der Waals surface area contributed by atoms with Crippen molar-refractivity contribution in [3.63, 3.8) is 0 Å². The molecule has 0 aliphatic rings. The zero-order chi connectivity index (χ0) is 9.97.